The first-order valence-electron chi connectivity index (χ1n) is 4.70. The molecule has 0 fully saturated rings. The van der Waals surface area contributed by atoms with Crippen LogP contribution in [0.2, 0.25) is 0 Å². The minimum atomic E-state index is 0.431. The van der Waals surface area contributed by atoms with Crippen molar-refractivity contribution in [2.24, 2.45) is 0 Å². The van der Waals surface area contributed by atoms with Gasteiger partial charge in [-0.05, 0) is 17.7 Å². The third-order valence-corrected chi connectivity index (χ3v) is 2.07. The molecule has 74 valence electrons. The molecular formula is C12H10N2O. The van der Waals surface area contributed by atoms with Gasteiger partial charge in [0.2, 0.25) is 0 Å². The highest BCUT2D eigenvalue weighted by atomic mass is 16.1. The Hall–Kier alpha value is -2.03. The van der Waals surface area contributed by atoms with Gasteiger partial charge in [-0.2, -0.15) is 0 Å². The Labute approximate surface area is 87.8 Å². The van der Waals surface area contributed by atoms with Gasteiger partial charge in [-0.15, -0.1) is 0 Å². The van der Waals surface area contributed by atoms with Gasteiger partial charge in [0.25, 0.3) is 0 Å². The topological polar surface area (TPSA) is 42.9 Å². The van der Waals surface area contributed by atoms with E-state index in [0.29, 0.717) is 12.2 Å². The molecule has 1 aromatic heterocycles. The SMILES string of the molecule is O=CCc1cccc(-c2ncccn2)c1. The van der Waals surface area contributed by atoms with Gasteiger partial charge in [0, 0.05) is 24.4 Å². The van der Waals surface area contributed by atoms with E-state index in [0.717, 1.165) is 17.4 Å². The van der Waals surface area contributed by atoms with Crippen LogP contribution in [0.5, 0.6) is 0 Å². The Balaban J connectivity index is 2.37. The van der Waals surface area contributed by atoms with Crippen molar-refractivity contribution >= 4 is 6.29 Å². The monoisotopic (exact) mass is 198 g/mol. The minimum absolute atomic E-state index is 0.431. The number of hydrogen-bond donors (Lipinski definition) is 0. The van der Waals surface area contributed by atoms with Crippen LogP contribution >= 0.6 is 0 Å². The zero-order valence-corrected chi connectivity index (χ0v) is 8.13. The molecule has 0 unspecified atom stereocenters. The zero-order chi connectivity index (χ0) is 10.5. The van der Waals surface area contributed by atoms with Crippen LogP contribution in [0.4, 0.5) is 0 Å². The van der Waals surface area contributed by atoms with Gasteiger partial charge < -0.3 is 4.79 Å². The van der Waals surface area contributed by atoms with Crippen LogP contribution in [0.25, 0.3) is 11.4 Å². The smallest absolute Gasteiger partial charge is 0.159 e. The highest BCUT2D eigenvalue weighted by Crippen LogP contribution is 2.15. The van der Waals surface area contributed by atoms with Crippen LogP contribution in [0.3, 0.4) is 0 Å². The minimum Gasteiger partial charge on any atom is -0.303 e. The van der Waals surface area contributed by atoms with E-state index < -0.39 is 0 Å². The summed E-state index contributed by atoms with van der Waals surface area (Å²) in [6.07, 6.45) is 4.73. The molecule has 0 spiro atoms. The van der Waals surface area contributed by atoms with Crippen molar-refractivity contribution in [3.63, 3.8) is 0 Å². The quantitative estimate of drug-likeness (QED) is 0.707. The second kappa shape index (κ2) is 4.46. The summed E-state index contributed by atoms with van der Waals surface area (Å²) < 4.78 is 0. The predicted octanol–water partition coefficient (Wildman–Crippen LogP) is 1.89. The fraction of sp³-hybridized carbons (Fsp3) is 0.0833. The number of hydrogen-bond acceptors (Lipinski definition) is 3. The predicted molar refractivity (Wildman–Crippen MR) is 57.2 cm³/mol. The van der Waals surface area contributed by atoms with Crippen molar-refractivity contribution in [2.45, 2.75) is 6.42 Å². The Bertz CT molecular complexity index is 454. The average Bonchev–Trinajstić information content (AvgIpc) is 2.31. The van der Waals surface area contributed by atoms with Crippen molar-refractivity contribution in [3.8, 4) is 11.4 Å². The van der Waals surface area contributed by atoms with E-state index in [4.69, 9.17) is 0 Å². The van der Waals surface area contributed by atoms with Gasteiger partial charge in [0.05, 0.1) is 0 Å². The van der Waals surface area contributed by atoms with E-state index in [9.17, 15) is 4.79 Å². The number of nitrogens with zero attached hydrogens (tertiary/aromatic N) is 2. The van der Waals surface area contributed by atoms with Gasteiger partial charge in [-0.3, -0.25) is 0 Å². The summed E-state index contributed by atoms with van der Waals surface area (Å²) in [5.74, 6) is 0.685. The molecule has 3 nitrogen and oxygen atoms in total. The number of carbonyl (C=O) groups excluding carboxylic acids is 1. The van der Waals surface area contributed by atoms with Crippen LogP contribution in [-0.4, -0.2) is 16.3 Å². The highest BCUT2D eigenvalue weighted by Gasteiger charge is 2.00. The van der Waals surface area contributed by atoms with E-state index in [2.05, 4.69) is 9.97 Å². The van der Waals surface area contributed by atoms with E-state index in [-0.39, 0.29) is 0 Å². The first-order chi connectivity index (χ1) is 7.40. The Morgan fingerprint density at radius 3 is 2.67 bits per heavy atom. The summed E-state index contributed by atoms with van der Waals surface area (Å²) in [4.78, 5) is 18.7. The second-order valence-electron chi connectivity index (χ2n) is 3.14. The molecule has 2 aromatic rings. The van der Waals surface area contributed by atoms with Crippen molar-refractivity contribution in [3.05, 3.63) is 48.3 Å². The van der Waals surface area contributed by atoms with Crippen molar-refractivity contribution < 1.29 is 4.79 Å². The molecule has 0 saturated carbocycles. The molecule has 0 N–H and O–H groups in total. The summed E-state index contributed by atoms with van der Waals surface area (Å²) in [6, 6.07) is 9.47. The summed E-state index contributed by atoms with van der Waals surface area (Å²) >= 11 is 0. The summed E-state index contributed by atoms with van der Waals surface area (Å²) in [5.41, 5.74) is 1.92. The number of carbonyl (C=O) groups is 1. The average molecular weight is 198 g/mol. The van der Waals surface area contributed by atoms with Crippen LogP contribution in [0.15, 0.2) is 42.7 Å². The van der Waals surface area contributed by atoms with Crippen LogP contribution in [-0.2, 0) is 11.2 Å². The number of rotatable bonds is 3. The number of aldehydes is 1. The van der Waals surface area contributed by atoms with Crippen LogP contribution in [0.1, 0.15) is 5.56 Å². The largest absolute Gasteiger partial charge is 0.303 e. The molecule has 15 heavy (non-hydrogen) atoms. The molecule has 0 amide bonds. The van der Waals surface area contributed by atoms with Crippen molar-refractivity contribution in [1.82, 2.24) is 9.97 Å². The third-order valence-electron chi connectivity index (χ3n) is 2.07. The van der Waals surface area contributed by atoms with Crippen molar-refractivity contribution in [1.29, 1.82) is 0 Å². The second-order valence-corrected chi connectivity index (χ2v) is 3.14. The van der Waals surface area contributed by atoms with E-state index >= 15 is 0 Å². The molecule has 0 radical (unpaired) electrons. The van der Waals surface area contributed by atoms with E-state index in [1.807, 2.05) is 24.3 Å². The molecule has 0 saturated heterocycles. The number of aromatic nitrogens is 2. The molecule has 0 aliphatic carbocycles. The molecule has 0 aliphatic heterocycles. The lowest BCUT2D eigenvalue weighted by Gasteiger charge is -2.00. The maximum absolute atomic E-state index is 10.4. The number of benzene rings is 1. The van der Waals surface area contributed by atoms with Crippen molar-refractivity contribution in [2.75, 3.05) is 0 Å². The van der Waals surface area contributed by atoms with Crippen LogP contribution in [0, 0.1) is 0 Å². The fourth-order valence-electron chi connectivity index (χ4n) is 1.38. The Kier molecular flexibility index (Phi) is 2.83. The lowest BCUT2D eigenvalue weighted by Crippen LogP contribution is -1.90. The summed E-state index contributed by atoms with van der Waals surface area (Å²) in [5, 5.41) is 0. The molecule has 0 aliphatic rings. The van der Waals surface area contributed by atoms with E-state index in [1.54, 1.807) is 18.5 Å². The lowest BCUT2D eigenvalue weighted by molar-refractivity contribution is -0.107. The van der Waals surface area contributed by atoms with Gasteiger partial charge in [-0.25, -0.2) is 9.97 Å². The molecule has 2 rings (SSSR count). The fourth-order valence-corrected chi connectivity index (χ4v) is 1.38. The maximum Gasteiger partial charge on any atom is 0.159 e. The van der Waals surface area contributed by atoms with E-state index in [1.165, 1.54) is 0 Å². The molecule has 1 heterocycles. The van der Waals surface area contributed by atoms with Gasteiger partial charge in [-0.1, -0.05) is 18.2 Å². The summed E-state index contributed by atoms with van der Waals surface area (Å²) in [7, 11) is 0. The lowest BCUT2D eigenvalue weighted by atomic mass is 10.1. The zero-order valence-electron chi connectivity index (χ0n) is 8.13. The highest BCUT2D eigenvalue weighted by molar-refractivity contribution is 5.60. The summed E-state index contributed by atoms with van der Waals surface area (Å²) in [6.45, 7) is 0. The standard InChI is InChI=1S/C12H10N2O/c15-8-5-10-3-1-4-11(9-10)12-13-6-2-7-14-12/h1-4,6-9H,5H2. The van der Waals surface area contributed by atoms with Gasteiger partial charge in [0.1, 0.15) is 6.29 Å². The molecule has 0 bridgehead atoms. The molecule has 1 aromatic carbocycles. The first kappa shape index (κ1) is 9.52. The Morgan fingerprint density at radius 2 is 1.93 bits per heavy atom. The molecule has 0 atom stereocenters. The third kappa shape index (κ3) is 2.26. The first-order valence-corrected chi connectivity index (χ1v) is 4.70. The van der Waals surface area contributed by atoms with Gasteiger partial charge in [0.15, 0.2) is 5.82 Å². The molecule has 3 heteroatoms. The Morgan fingerprint density at radius 1 is 1.13 bits per heavy atom. The maximum atomic E-state index is 10.4. The van der Waals surface area contributed by atoms with Gasteiger partial charge >= 0.3 is 0 Å². The molecular weight excluding hydrogens is 188 g/mol. The van der Waals surface area contributed by atoms with Crippen LogP contribution < -0.4 is 0 Å². The normalized spacial score (nSPS) is 9.87.